The number of rotatable bonds is 6. The van der Waals surface area contributed by atoms with Crippen LogP contribution < -0.4 is 0 Å². The van der Waals surface area contributed by atoms with Crippen LogP contribution in [0.4, 0.5) is 0 Å². The summed E-state index contributed by atoms with van der Waals surface area (Å²) in [6.07, 6.45) is 8.28. The second-order valence-corrected chi connectivity index (χ2v) is 6.76. The number of nitrogens with zero attached hydrogens (tertiary/aromatic N) is 3. The molecule has 0 spiro atoms. The van der Waals surface area contributed by atoms with Crippen LogP contribution in [-0.4, -0.2) is 73.1 Å². The number of hydrogen-bond donors (Lipinski definition) is 0. The van der Waals surface area contributed by atoms with Crippen LogP contribution in [0, 0.1) is 11.8 Å². The molecule has 0 aromatic heterocycles. The van der Waals surface area contributed by atoms with Gasteiger partial charge < -0.3 is 4.90 Å². The third kappa shape index (κ3) is 5.91. The molecular formula is C19H35N3. The molecule has 1 atom stereocenters. The van der Waals surface area contributed by atoms with E-state index >= 15 is 0 Å². The number of hydrogen-bond acceptors (Lipinski definition) is 3. The van der Waals surface area contributed by atoms with E-state index in [2.05, 4.69) is 40.4 Å². The van der Waals surface area contributed by atoms with E-state index in [1.165, 1.54) is 64.7 Å². The summed E-state index contributed by atoms with van der Waals surface area (Å²) in [5, 5.41) is 0. The minimum absolute atomic E-state index is 0.453. The van der Waals surface area contributed by atoms with Gasteiger partial charge >= 0.3 is 0 Å². The van der Waals surface area contributed by atoms with Gasteiger partial charge in [0.15, 0.2) is 0 Å². The molecule has 2 heterocycles. The lowest BCUT2D eigenvalue weighted by Crippen LogP contribution is -2.46. The summed E-state index contributed by atoms with van der Waals surface area (Å²) in [5.41, 5.74) is 0. The summed E-state index contributed by atoms with van der Waals surface area (Å²) in [7, 11) is 0. The van der Waals surface area contributed by atoms with Gasteiger partial charge in [-0.15, -0.1) is 0 Å². The van der Waals surface area contributed by atoms with E-state index in [0.29, 0.717) is 6.04 Å². The van der Waals surface area contributed by atoms with Crippen LogP contribution >= 0.6 is 0 Å². The van der Waals surface area contributed by atoms with Crippen molar-refractivity contribution in [3.63, 3.8) is 0 Å². The molecule has 2 fully saturated rings. The fraction of sp³-hybridized carbons (Fsp3) is 0.895. The molecule has 3 nitrogen and oxygen atoms in total. The second-order valence-electron chi connectivity index (χ2n) is 6.76. The Morgan fingerprint density at radius 1 is 0.864 bits per heavy atom. The molecule has 0 bridgehead atoms. The van der Waals surface area contributed by atoms with E-state index < -0.39 is 0 Å². The van der Waals surface area contributed by atoms with Crippen LogP contribution in [0.25, 0.3) is 0 Å². The number of likely N-dealkylation sites (tertiary alicyclic amines) is 2. The van der Waals surface area contributed by atoms with E-state index in [9.17, 15) is 0 Å². The predicted molar refractivity (Wildman–Crippen MR) is 95.1 cm³/mol. The SMILES string of the molecule is CCN(CC)CC#CC(CN1CCCCC1)N1CCCCC1. The lowest BCUT2D eigenvalue weighted by Gasteiger charge is -2.36. The second kappa shape index (κ2) is 10.3. The maximum Gasteiger partial charge on any atom is 0.0843 e. The Labute approximate surface area is 138 Å². The summed E-state index contributed by atoms with van der Waals surface area (Å²) < 4.78 is 0. The Bertz CT molecular complexity index is 341. The third-order valence-electron chi connectivity index (χ3n) is 5.18. The zero-order valence-electron chi connectivity index (χ0n) is 14.8. The summed E-state index contributed by atoms with van der Waals surface area (Å²) in [5.74, 6) is 7.11. The number of piperidine rings is 2. The topological polar surface area (TPSA) is 9.72 Å². The van der Waals surface area contributed by atoms with Gasteiger partial charge in [-0.3, -0.25) is 9.80 Å². The van der Waals surface area contributed by atoms with Crippen molar-refractivity contribution in [2.75, 3.05) is 52.4 Å². The van der Waals surface area contributed by atoms with Crippen molar-refractivity contribution >= 4 is 0 Å². The minimum atomic E-state index is 0.453. The standard InChI is InChI=1S/C19H35N3/c1-3-20(4-2)15-11-12-19(22-16-9-6-10-17-22)18-21-13-7-5-8-14-21/h19H,3-10,13-18H2,1-2H3. The monoisotopic (exact) mass is 305 g/mol. The highest BCUT2D eigenvalue weighted by Crippen LogP contribution is 2.15. The van der Waals surface area contributed by atoms with Gasteiger partial charge in [-0.1, -0.05) is 38.5 Å². The van der Waals surface area contributed by atoms with Gasteiger partial charge in [0.05, 0.1) is 12.6 Å². The molecule has 1 unspecified atom stereocenters. The van der Waals surface area contributed by atoms with E-state index in [4.69, 9.17) is 0 Å². The van der Waals surface area contributed by atoms with E-state index in [1.54, 1.807) is 0 Å². The van der Waals surface area contributed by atoms with Gasteiger partial charge in [0.2, 0.25) is 0 Å². The fourth-order valence-corrected chi connectivity index (χ4v) is 3.59. The zero-order chi connectivity index (χ0) is 15.6. The molecule has 0 aliphatic carbocycles. The van der Waals surface area contributed by atoms with Crippen LogP contribution in [0.5, 0.6) is 0 Å². The van der Waals surface area contributed by atoms with Crippen LogP contribution in [0.15, 0.2) is 0 Å². The minimum Gasteiger partial charge on any atom is -0.301 e. The van der Waals surface area contributed by atoms with Gasteiger partial charge in [-0.2, -0.15) is 0 Å². The summed E-state index contributed by atoms with van der Waals surface area (Å²) >= 11 is 0. The average Bonchev–Trinajstić information content (AvgIpc) is 2.59. The largest absolute Gasteiger partial charge is 0.301 e. The van der Waals surface area contributed by atoms with E-state index in [0.717, 1.165) is 26.2 Å². The van der Waals surface area contributed by atoms with Crippen molar-refractivity contribution in [3.05, 3.63) is 0 Å². The first-order valence-electron chi connectivity index (χ1n) is 9.50. The smallest absolute Gasteiger partial charge is 0.0843 e. The molecule has 0 radical (unpaired) electrons. The quantitative estimate of drug-likeness (QED) is 0.699. The van der Waals surface area contributed by atoms with Crippen molar-refractivity contribution in [1.29, 1.82) is 0 Å². The zero-order valence-corrected chi connectivity index (χ0v) is 14.8. The van der Waals surface area contributed by atoms with Gasteiger partial charge in [0.1, 0.15) is 0 Å². The highest BCUT2D eigenvalue weighted by molar-refractivity contribution is 5.11. The van der Waals surface area contributed by atoms with Gasteiger partial charge in [0.25, 0.3) is 0 Å². The van der Waals surface area contributed by atoms with E-state index in [1.807, 2.05) is 0 Å². The highest BCUT2D eigenvalue weighted by atomic mass is 15.2. The van der Waals surface area contributed by atoms with Crippen LogP contribution in [0.3, 0.4) is 0 Å². The van der Waals surface area contributed by atoms with Crippen molar-refractivity contribution < 1.29 is 0 Å². The first-order valence-corrected chi connectivity index (χ1v) is 9.50. The molecule has 2 saturated heterocycles. The van der Waals surface area contributed by atoms with Crippen molar-refractivity contribution in [2.24, 2.45) is 0 Å². The third-order valence-corrected chi connectivity index (χ3v) is 5.18. The van der Waals surface area contributed by atoms with Crippen LogP contribution in [0.2, 0.25) is 0 Å². The average molecular weight is 306 g/mol. The molecule has 0 aromatic rings. The fourth-order valence-electron chi connectivity index (χ4n) is 3.59. The van der Waals surface area contributed by atoms with Crippen molar-refractivity contribution in [1.82, 2.24) is 14.7 Å². The molecule has 126 valence electrons. The Morgan fingerprint density at radius 2 is 1.45 bits per heavy atom. The first kappa shape index (κ1) is 17.8. The first-order chi connectivity index (χ1) is 10.8. The predicted octanol–water partition coefficient (Wildman–Crippen LogP) is 2.67. The molecule has 2 aliphatic heterocycles. The van der Waals surface area contributed by atoms with Crippen molar-refractivity contribution in [3.8, 4) is 11.8 Å². The summed E-state index contributed by atoms with van der Waals surface area (Å²) in [6, 6.07) is 0.453. The molecule has 2 rings (SSSR count). The maximum atomic E-state index is 3.63. The maximum absolute atomic E-state index is 3.63. The Hall–Kier alpha value is -0.560. The molecule has 2 aliphatic rings. The molecule has 0 amide bonds. The molecule has 3 heteroatoms. The van der Waals surface area contributed by atoms with Crippen LogP contribution in [-0.2, 0) is 0 Å². The molecule has 0 N–H and O–H groups in total. The molecule has 22 heavy (non-hydrogen) atoms. The lowest BCUT2D eigenvalue weighted by atomic mass is 10.1. The van der Waals surface area contributed by atoms with E-state index in [-0.39, 0.29) is 0 Å². The van der Waals surface area contributed by atoms with Crippen LogP contribution in [0.1, 0.15) is 52.4 Å². The molecule has 0 aromatic carbocycles. The Morgan fingerprint density at radius 3 is 2.05 bits per heavy atom. The van der Waals surface area contributed by atoms with Gasteiger partial charge in [-0.25, -0.2) is 0 Å². The molecular weight excluding hydrogens is 270 g/mol. The molecule has 0 saturated carbocycles. The summed E-state index contributed by atoms with van der Waals surface area (Å²) in [4.78, 5) is 7.70. The summed E-state index contributed by atoms with van der Waals surface area (Å²) in [6.45, 7) is 13.8. The van der Waals surface area contributed by atoms with Gasteiger partial charge in [0, 0.05) is 6.54 Å². The normalized spacial score (nSPS) is 22.3. The Kier molecular flexibility index (Phi) is 8.30. The lowest BCUT2D eigenvalue weighted by molar-refractivity contribution is 0.136. The highest BCUT2D eigenvalue weighted by Gasteiger charge is 2.22. The van der Waals surface area contributed by atoms with Gasteiger partial charge in [-0.05, 0) is 65.0 Å². The Balaban J connectivity index is 1.92. The van der Waals surface area contributed by atoms with Crippen molar-refractivity contribution in [2.45, 2.75) is 58.4 Å².